The van der Waals surface area contributed by atoms with Crippen molar-refractivity contribution in [2.75, 3.05) is 12.3 Å². The number of Topliss-reactive ketones (excluding diaryl/α,β-unsaturated/α-hetero) is 1. The third-order valence-corrected chi connectivity index (χ3v) is 4.99. The van der Waals surface area contributed by atoms with E-state index >= 15 is 0 Å². The molecule has 3 aromatic rings. The van der Waals surface area contributed by atoms with Crippen molar-refractivity contribution in [1.82, 2.24) is 14.9 Å². The van der Waals surface area contributed by atoms with Crippen LogP contribution in [-0.2, 0) is 22.6 Å². The Balaban J connectivity index is 1.60. The van der Waals surface area contributed by atoms with Gasteiger partial charge in [0, 0.05) is 31.4 Å². The molecule has 4 rings (SSSR count). The van der Waals surface area contributed by atoms with Crippen LogP contribution in [0.15, 0.2) is 47.4 Å². The van der Waals surface area contributed by atoms with Gasteiger partial charge in [-0.15, -0.1) is 0 Å². The number of benzene rings is 1. The van der Waals surface area contributed by atoms with E-state index in [9.17, 15) is 14.4 Å². The Morgan fingerprint density at radius 3 is 2.96 bits per heavy atom. The van der Waals surface area contributed by atoms with Crippen molar-refractivity contribution in [2.45, 2.75) is 19.0 Å². The van der Waals surface area contributed by atoms with Gasteiger partial charge < -0.3 is 10.7 Å². The molecule has 7 heteroatoms. The normalized spacial score (nSPS) is 16.4. The summed E-state index contributed by atoms with van der Waals surface area (Å²) in [5, 5.41) is 1.11. The molecule has 0 fully saturated rings. The lowest BCUT2D eigenvalue weighted by Gasteiger charge is -2.22. The van der Waals surface area contributed by atoms with Gasteiger partial charge in [-0.2, -0.15) is 0 Å². The first-order valence-electron chi connectivity index (χ1n) is 8.65. The average Bonchev–Trinajstić information content (AvgIpc) is 3.04. The van der Waals surface area contributed by atoms with E-state index in [2.05, 4.69) is 9.97 Å². The number of carbonyl (C=O) groups excluding carboxylic acids is 2. The van der Waals surface area contributed by atoms with Gasteiger partial charge in [0.25, 0.3) is 5.56 Å². The number of anilines is 1. The molecule has 3 N–H and O–H groups in total. The maximum atomic E-state index is 12.3. The van der Waals surface area contributed by atoms with Crippen LogP contribution in [0.5, 0.6) is 0 Å². The number of aromatic amines is 1. The fourth-order valence-electron chi connectivity index (χ4n) is 3.75. The number of fused-ring (bicyclic) bond motifs is 2. The van der Waals surface area contributed by atoms with Gasteiger partial charge in [0.2, 0.25) is 5.78 Å². The number of nitrogens with one attached hydrogen (secondary N) is 1. The summed E-state index contributed by atoms with van der Waals surface area (Å²) in [5.74, 6) is -0.252. The minimum atomic E-state index is -0.564. The van der Waals surface area contributed by atoms with Crippen molar-refractivity contribution in [3.05, 3.63) is 69.8 Å². The molecule has 0 saturated carbocycles. The highest BCUT2D eigenvalue weighted by molar-refractivity contribution is 6.27. The molecule has 1 aliphatic heterocycles. The standard InChI is InChI=1S/C20H18N4O3/c21-19-17-12(5-7-22-19)9-14(23-20(17)27)6-8-24-10-13-3-1-2-4-15(13)18(24)16(26)11-25/h1-5,7,9,11,18H,6,8,10H2,(H2,21,22)(H,23,27). The smallest absolute Gasteiger partial charge is 0.259 e. The molecule has 2 aromatic heterocycles. The summed E-state index contributed by atoms with van der Waals surface area (Å²) in [6, 6.07) is 10.7. The summed E-state index contributed by atoms with van der Waals surface area (Å²) in [6.45, 7) is 1.12. The molecule has 3 heterocycles. The van der Waals surface area contributed by atoms with Crippen LogP contribution >= 0.6 is 0 Å². The lowest BCUT2D eigenvalue weighted by molar-refractivity contribution is -0.133. The Kier molecular flexibility index (Phi) is 4.29. The van der Waals surface area contributed by atoms with E-state index in [0.717, 1.165) is 22.2 Å². The second-order valence-electron chi connectivity index (χ2n) is 6.63. The minimum Gasteiger partial charge on any atom is -0.383 e. The first-order chi connectivity index (χ1) is 13.1. The minimum absolute atomic E-state index is 0.201. The van der Waals surface area contributed by atoms with Gasteiger partial charge >= 0.3 is 0 Å². The molecular weight excluding hydrogens is 344 g/mol. The van der Waals surface area contributed by atoms with Crippen LogP contribution in [0.4, 0.5) is 5.82 Å². The van der Waals surface area contributed by atoms with Crippen molar-refractivity contribution in [3.8, 4) is 0 Å². The molecule has 27 heavy (non-hydrogen) atoms. The highest BCUT2D eigenvalue weighted by Crippen LogP contribution is 2.33. The summed E-state index contributed by atoms with van der Waals surface area (Å²) in [5.41, 5.74) is 8.17. The van der Waals surface area contributed by atoms with Crippen molar-refractivity contribution in [1.29, 1.82) is 0 Å². The van der Waals surface area contributed by atoms with E-state index in [4.69, 9.17) is 5.73 Å². The Morgan fingerprint density at radius 2 is 2.15 bits per heavy atom. The second kappa shape index (κ2) is 6.77. The number of carbonyl (C=O) groups is 2. The largest absolute Gasteiger partial charge is 0.383 e. The highest BCUT2D eigenvalue weighted by Gasteiger charge is 2.34. The van der Waals surface area contributed by atoms with Crippen LogP contribution in [-0.4, -0.2) is 33.5 Å². The zero-order valence-corrected chi connectivity index (χ0v) is 14.5. The Labute approximate surface area is 154 Å². The van der Waals surface area contributed by atoms with Crippen LogP contribution in [0.2, 0.25) is 0 Å². The van der Waals surface area contributed by atoms with E-state index in [-0.39, 0.29) is 11.4 Å². The molecule has 0 spiro atoms. The van der Waals surface area contributed by atoms with Crippen LogP contribution < -0.4 is 11.3 Å². The van der Waals surface area contributed by atoms with Gasteiger partial charge in [0.15, 0.2) is 6.29 Å². The number of ketones is 1. The van der Waals surface area contributed by atoms with Crippen LogP contribution in [0.25, 0.3) is 10.8 Å². The van der Waals surface area contributed by atoms with Gasteiger partial charge in [-0.1, -0.05) is 24.3 Å². The number of aldehydes is 1. The Morgan fingerprint density at radius 1 is 1.33 bits per heavy atom. The number of hydrogen-bond acceptors (Lipinski definition) is 6. The van der Waals surface area contributed by atoms with Crippen molar-refractivity contribution < 1.29 is 9.59 Å². The molecule has 0 aliphatic carbocycles. The van der Waals surface area contributed by atoms with E-state index in [1.54, 1.807) is 12.3 Å². The van der Waals surface area contributed by atoms with E-state index in [0.29, 0.717) is 31.2 Å². The number of nitrogen functional groups attached to an aromatic ring is 1. The molecule has 1 aliphatic rings. The molecule has 1 unspecified atom stereocenters. The van der Waals surface area contributed by atoms with Crippen LogP contribution in [0.1, 0.15) is 22.9 Å². The quantitative estimate of drug-likeness (QED) is 0.524. The summed E-state index contributed by atoms with van der Waals surface area (Å²) in [4.78, 5) is 44.4. The monoisotopic (exact) mass is 362 g/mol. The van der Waals surface area contributed by atoms with E-state index in [1.807, 2.05) is 35.2 Å². The van der Waals surface area contributed by atoms with Gasteiger partial charge in [0.05, 0.1) is 5.39 Å². The fourth-order valence-corrected chi connectivity index (χ4v) is 3.75. The zero-order valence-electron chi connectivity index (χ0n) is 14.5. The van der Waals surface area contributed by atoms with Gasteiger partial charge in [-0.3, -0.25) is 19.3 Å². The van der Waals surface area contributed by atoms with Crippen molar-refractivity contribution in [3.63, 3.8) is 0 Å². The summed E-state index contributed by atoms with van der Waals surface area (Å²) >= 11 is 0. The lowest BCUT2D eigenvalue weighted by atomic mass is 10.0. The zero-order chi connectivity index (χ0) is 19.0. The Hall–Kier alpha value is -3.32. The first kappa shape index (κ1) is 17.1. The number of hydrogen-bond donors (Lipinski definition) is 2. The summed E-state index contributed by atoms with van der Waals surface area (Å²) in [6.07, 6.45) is 2.48. The van der Waals surface area contributed by atoms with Gasteiger partial charge in [0.1, 0.15) is 11.9 Å². The van der Waals surface area contributed by atoms with Gasteiger partial charge in [-0.25, -0.2) is 4.98 Å². The molecule has 0 radical (unpaired) electrons. The maximum absolute atomic E-state index is 12.3. The highest BCUT2D eigenvalue weighted by atomic mass is 16.2. The Bertz CT molecular complexity index is 1110. The predicted molar refractivity (Wildman–Crippen MR) is 101 cm³/mol. The molecule has 0 bridgehead atoms. The maximum Gasteiger partial charge on any atom is 0.259 e. The molecule has 136 valence electrons. The number of rotatable bonds is 5. The number of pyridine rings is 2. The molecule has 7 nitrogen and oxygen atoms in total. The number of nitrogens with two attached hydrogens (primary N) is 1. The van der Waals surface area contributed by atoms with E-state index in [1.165, 1.54) is 0 Å². The van der Waals surface area contributed by atoms with Crippen LogP contribution in [0.3, 0.4) is 0 Å². The molecule has 1 aromatic carbocycles. The molecular formula is C20H18N4O3. The number of nitrogens with zero attached hydrogens (tertiary/aromatic N) is 2. The van der Waals surface area contributed by atoms with E-state index < -0.39 is 11.8 Å². The molecule has 1 atom stereocenters. The summed E-state index contributed by atoms with van der Waals surface area (Å²) < 4.78 is 0. The lowest BCUT2D eigenvalue weighted by Crippen LogP contribution is -2.31. The first-order valence-corrected chi connectivity index (χ1v) is 8.65. The predicted octanol–water partition coefficient (Wildman–Crippen LogP) is 1.37. The molecule has 0 saturated heterocycles. The third-order valence-electron chi connectivity index (χ3n) is 4.99. The number of H-pyrrole nitrogens is 1. The van der Waals surface area contributed by atoms with Gasteiger partial charge in [-0.05, 0) is 28.6 Å². The fraction of sp³-hybridized carbons (Fsp3) is 0.200. The second-order valence-corrected chi connectivity index (χ2v) is 6.63. The number of aromatic nitrogens is 2. The van der Waals surface area contributed by atoms with Crippen molar-refractivity contribution >= 4 is 28.7 Å². The molecule has 0 amide bonds. The average molecular weight is 362 g/mol. The topological polar surface area (TPSA) is 109 Å². The SMILES string of the molecule is Nc1nccc2cc(CCN3Cc4ccccc4C3C(=O)C=O)[nH]c(=O)c12. The van der Waals surface area contributed by atoms with Crippen LogP contribution in [0, 0.1) is 0 Å². The third kappa shape index (κ3) is 3.02. The summed E-state index contributed by atoms with van der Waals surface area (Å²) in [7, 11) is 0. The van der Waals surface area contributed by atoms with Crippen molar-refractivity contribution in [2.24, 2.45) is 0 Å².